The first-order chi connectivity index (χ1) is 9.65. The standard InChI is InChI=1S/C16H23NO3/c1-11-9-13(20-2)7-8-14(11)16(19)17-15-6-4-3-5-12(15)10-18/h7-9,12,15,18H,3-6,10H2,1-2H3,(H,17,19). The van der Waals surface area contributed by atoms with Gasteiger partial charge in [-0.2, -0.15) is 0 Å². The molecule has 1 aromatic rings. The Morgan fingerprint density at radius 2 is 2.15 bits per heavy atom. The molecule has 1 aromatic carbocycles. The Hall–Kier alpha value is -1.55. The summed E-state index contributed by atoms with van der Waals surface area (Å²) in [6.07, 6.45) is 4.19. The summed E-state index contributed by atoms with van der Waals surface area (Å²) in [6.45, 7) is 2.05. The van der Waals surface area contributed by atoms with Gasteiger partial charge in [0.2, 0.25) is 0 Å². The average Bonchev–Trinajstić information content (AvgIpc) is 2.47. The fourth-order valence-electron chi connectivity index (χ4n) is 2.88. The van der Waals surface area contributed by atoms with E-state index in [1.54, 1.807) is 19.2 Å². The van der Waals surface area contributed by atoms with Gasteiger partial charge in [-0.1, -0.05) is 12.8 Å². The van der Waals surface area contributed by atoms with Crippen LogP contribution < -0.4 is 10.1 Å². The summed E-state index contributed by atoms with van der Waals surface area (Å²) in [5.74, 6) is 0.881. The van der Waals surface area contributed by atoms with E-state index in [2.05, 4.69) is 5.32 Å². The van der Waals surface area contributed by atoms with Crippen LogP contribution in [0.5, 0.6) is 5.75 Å². The molecule has 110 valence electrons. The summed E-state index contributed by atoms with van der Waals surface area (Å²) in [6, 6.07) is 5.54. The molecule has 0 heterocycles. The fraction of sp³-hybridized carbons (Fsp3) is 0.562. The minimum atomic E-state index is -0.0597. The van der Waals surface area contributed by atoms with E-state index in [0.29, 0.717) is 5.56 Å². The number of hydrogen-bond donors (Lipinski definition) is 2. The van der Waals surface area contributed by atoms with Crippen LogP contribution in [0.15, 0.2) is 18.2 Å². The average molecular weight is 277 g/mol. The van der Waals surface area contributed by atoms with E-state index in [4.69, 9.17) is 4.74 Å². The van der Waals surface area contributed by atoms with Gasteiger partial charge in [0.1, 0.15) is 5.75 Å². The van der Waals surface area contributed by atoms with E-state index in [-0.39, 0.29) is 24.5 Å². The van der Waals surface area contributed by atoms with Gasteiger partial charge in [0.25, 0.3) is 5.91 Å². The first kappa shape index (κ1) is 14.9. The number of nitrogens with one attached hydrogen (secondary N) is 1. The number of hydrogen-bond acceptors (Lipinski definition) is 3. The zero-order valence-corrected chi connectivity index (χ0v) is 12.2. The molecule has 2 unspecified atom stereocenters. The van der Waals surface area contributed by atoms with Crippen molar-refractivity contribution in [3.63, 3.8) is 0 Å². The number of benzene rings is 1. The largest absolute Gasteiger partial charge is 0.497 e. The monoisotopic (exact) mass is 277 g/mol. The molecule has 0 aliphatic heterocycles. The molecule has 0 radical (unpaired) electrons. The lowest BCUT2D eigenvalue weighted by molar-refractivity contribution is 0.0872. The van der Waals surface area contributed by atoms with Crippen molar-refractivity contribution in [2.45, 2.75) is 38.6 Å². The Morgan fingerprint density at radius 1 is 1.40 bits per heavy atom. The third-order valence-electron chi connectivity index (χ3n) is 4.14. The zero-order valence-electron chi connectivity index (χ0n) is 12.2. The van der Waals surface area contributed by atoms with Gasteiger partial charge < -0.3 is 15.2 Å². The number of carbonyl (C=O) groups is 1. The summed E-state index contributed by atoms with van der Waals surface area (Å²) in [4.78, 5) is 12.4. The zero-order chi connectivity index (χ0) is 14.5. The summed E-state index contributed by atoms with van der Waals surface area (Å²) in [7, 11) is 1.61. The second-order valence-corrected chi connectivity index (χ2v) is 5.49. The molecule has 0 saturated heterocycles. The topological polar surface area (TPSA) is 58.6 Å². The van der Waals surface area contributed by atoms with Crippen molar-refractivity contribution in [2.24, 2.45) is 5.92 Å². The lowest BCUT2D eigenvalue weighted by Gasteiger charge is -2.31. The van der Waals surface area contributed by atoms with Gasteiger partial charge in [-0.3, -0.25) is 4.79 Å². The number of aliphatic hydroxyl groups excluding tert-OH is 1. The van der Waals surface area contributed by atoms with Gasteiger partial charge in [-0.05, 0) is 43.5 Å². The van der Waals surface area contributed by atoms with Crippen molar-refractivity contribution in [1.29, 1.82) is 0 Å². The van der Waals surface area contributed by atoms with E-state index < -0.39 is 0 Å². The van der Waals surface area contributed by atoms with Gasteiger partial charge in [-0.25, -0.2) is 0 Å². The maximum Gasteiger partial charge on any atom is 0.251 e. The normalized spacial score (nSPS) is 22.4. The quantitative estimate of drug-likeness (QED) is 0.887. The summed E-state index contributed by atoms with van der Waals surface area (Å²) >= 11 is 0. The first-order valence-electron chi connectivity index (χ1n) is 7.22. The SMILES string of the molecule is COc1ccc(C(=O)NC2CCCCC2CO)c(C)c1. The molecule has 1 fully saturated rings. The molecule has 0 aromatic heterocycles. The van der Waals surface area contributed by atoms with Crippen LogP contribution in [0.1, 0.15) is 41.6 Å². The fourth-order valence-corrected chi connectivity index (χ4v) is 2.88. The van der Waals surface area contributed by atoms with Crippen molar-refractivity contribution in [3.05, 3.63) is 29.3 Å². The molecular weight excluding hydrogens is 254 g/mol. The maximum atomic E-state index is 12.4. The summed E-state index contributed by atoms with van der Waals surface area (Å²) in [5, 5.41) is 12.5. The summed E-state index contributed by atoms with van der Waals surface area (Å²) in [5.41, 5.74) is 1.58. The third kappa shape index (κ3) is 3.31. The maximum absolute atomic E-state index is 12.4. The van der Waals surface area contributed by atoms with Gasteiger partial charge in [0, 0.05) is 24.1 Å². The smallest absolute Gasteiger partial charge is 0.251 e. The number of aryl methyl sites for hydroxylation is 1. The molecule has 0 bridgehead atoms. The molecule has 2 atom stereocenters. The number of aliphatic hydroxyl groups is 1. The van der Waals surface area contributed by atoms with E-state index in [1.807, 2.05) is 13.0 Å². The molecule has 1 amide bonds. The minimum absolute atomic E-state index is 0.0597. The minimum Gasteiger partial charge on any atom is -0.497 e. The van der Waals surface area contributed by atoms with Crippen LogP contribution >= 0.6 is 0 Å². The lowest BCUT2D eigenvalue weighted by Crippen LogP contribution is -2.43. The molecular formula is C16H23NO3. The van der Waals surface area contributed by atoms with Crippen molar-refractivity contribution in [2.75, 3.05) is 13.7 Å². The molecule has 2 N–H and O–H groups in total. The molecule has 20 heavy (non-hydrogen) atoms. The predicted octanol–water partition coefficient (Wildman–Crippen LogP) is 2.28. The second-order valence-electron chi connectivity index (χ2n) is 5.49. The predicted molar refractivity (Wildman–Crippen MR) is 78.0 cm³/mol. The number of amides is 1. The van der Waals surface area contributed by atoms with Gasteiger partial charge in [-0.15, -0.1) is 0 Å². The van der Waals surface area contributed by atoms with Gasteiger partial charge in [0.05, 0.1) is 7.11 Å². The van der Waals surface area contributed by atoms with Crippen LogP contribution in [0.4, 0.5) is 0 Å². The molecule has 0 spiro atoms. The van der Waals surface area contributed by atoms with Crippen molar-refractivity contribution >= 4 is 5.91 Å². The number of carbonyl (C=O) groups excluding carboxylic acids is 1. The highest BCUT2D eigenvalue weighted by Gasteiger charge is 2.26. The van der Waals surface area contributed by atoms with Crippen LogP contribution in [0.3, 0.4) is 0 Å². The van der Waals surface area contributed by atoms with Crippen LogP contribution in [-0.2, 0) is 0 Å². The molecule has 4 nitrogen and oxygen atoms in total. The number of ether oxygens (including phenoxy) is 1. The Labute approximate surface area is 120 Å². The Morgan fingerprint density at radius 3 is 2.80 bits per heavy atom. The van der Waals surface area contributed by atoms with Crippen molar-refractivity contribution in [1.82, 2.24) is 5.32 Å². The van der Waals surface area contributed by atoms with E-state index >= 15 is 0 Å². The van der Waals surface area contributed by atoms with Crippen molar-refractivity contribution < 1.29 is 14.6 Å². The lowest BCUT2D eigenvalue weighted by atomic mass is 9.85. The van der Waals surface area contributed by atoms with Crippen molar-refractivity contribution in [3.8, 4) is 5.75 Å². The molecule has 1 aliphatic rings. The Balaban J connectivity index is 2.07. The van der Waals surface area contributed by atoms with E-state index in [0.717, 1.165) is 37.0 Å². The molecule has 4 heteroatoms. The second kappa shape index (κ2) is 6.75. The highest BCUT2D eigenvalue weighted by atomic mass is 16.5. The van der Waals surface area contributed by atoms with Gasteiger partial charge in [0.15, 0.2) is 0 Å². The highest BCUT2D eigenvalue weighted by molar-refractivity contribution is 5.96. The Kier molecular flexibility index (Phi) is 5.01. The highest BCUT2D eigenvalue weighted by Crippen LogP contribution is 2.25. The van der Waals surface area contributed by atoms with Crippen LogP contribution in [0, 0.1) is 12.8 Å². The van der Waals surface area contributed by atoms with Crippen LogP contribution in [-0.4, -0.2) is 30.8 Å². The third-order valence-corrected chi connectivity index (χ3v) is 4.14. The molecule has 2 rings (SSSR count). The van der Waals surface area contributed by atoms with Gasteiger partial charge >= 0.3 is 0 Å². The first-order valence-corrected chi connectivity index (χ1v) is 7.22. The van der Waals surface area contributed by atoms with E-state index in [1.165, 1.54) is 0 Å². The van der Waals surface area contributed by atoms with Crippen LogP contribution in [0.25, 0.3) is 0 Å². The molecule has 1 aliphatic carbocycles. The van der Waals surface area contributed by atoms with E-state index in [9.17, 15) is 9.90 Å². The number of rotatable bonds is 4. The Bertz CT molecular complexity index is 473. The summed E-state index contributed by atoms with van der Waals surface area (Å²) < 4.78 is 5.15. The van der Waals surface area contributed by atoms with Crippen LogP contribution in [0.2, 0.25) is 0 Å². The number of methoxy groups -OCH3 is 1. The molecule has 1 saturated carbocycles.